The molecular formula is C18H13NO6. The number of allylic oxidation sites excluding steroid dienone is 4. The number of carbonyl (C=O) groups excluding carboxylic acids is 4. The van der Waals surface area contributed by atoms with Crippen molar-refractivity contribution in [1.82, 2.24) is 0 Å². The van der Waals surface area contributed by atoms with Gasteiger partial charge in [0.2, 0.25) is 5.90 Å². The molecule has 4 aliphatic rings. The van der Waals surface area contributed by atoms with Crippen LogP contribution >= 0.6 is 0 Å². The molecule has 0 aromatic carbocycles. The largest absolute Gasteiger partial charge is 0.411 e. The molecule has 25 heavy (non-hydrogen) atoms. The minimum Gasteiger partial charge on any atom is -0.411 e. The summed E-state index contributed by atoms with van der Waals surface area (Å²) in [6, 6.07) is 0. The number of ketones is 1. The first-order valence-corrected chi connectivity index (χ1v) is 7.78. The van der Waals surface area contributed by atoms with Crippen LogP contribution in [-0.4, -0.2) is 36.6 Å². The van der Waals surface area contributed by atoms with Crippen molar-refractivity contribution < 1.29 is 28.7 Å². The highest BCUT2D eigenvalue weighted by atomic mass is 16.6. The highest BCUT2D eigenvalue weighted by molar-refractivity contribution is 6.14. The number of aliphatic imine (C=N–C) groups is 1. The molecule has 0 spiro atoms. The van der Waals surface area contributed by atoms with Crippen LogP contribution in [0.1, 0.15) is 0 Å². The highest BCUT2D eigenvalue weighted by Crippen LogP contribution is 2.35. The quantitative estimate of drug-likeness (QED) is 0.542. The van der Waals surface area contributed by atoms with Crippen LogP contribution < -0.4 is 0 Å². The summed E-state index contributed by atoms with van der Waals surface area (Å²) in [4.78, 5) is 51.7. The topological polar surface area (TPSA) is 99.1 Å². The minimum atomic E-state index is -0.762. The van der Waals surface area contributed by atoms with E-state index in [1.54, 1.807) is 18.2 Å². The average molecular weight is 339 g/mol. The summed E-state index contributed by atoms with van der Waals surface area (Å²) >= 11 is 0. The van der Waals surface area contributed by atoms with Crippen molar-refractivity contribution >= 4 is 29.6 Å². The molecule has 126 valence electrons. The van der Waals surface area contributed by atoms with Crippen LogP contribution in [0.25, 0.3) is 0 Å². The molecule has 0 aromatic rings. The van der Waals surface area contributed by atoms with Gasteiger partial charge in [0.25, 0.3) is 0 Å². The molecule has 2 fully saturated rings. The smallest absolute Gasteiger partial charge is 0.321 e. The monoisotopic (exact) mass is 339 g/mol. The van der Waals surface area contributed by atoms with E-state index in [-0.39, 0.29) is 11.7 Å². The third-order valence-electron chi connectivity index (χ3n) is 4.71. The van der Waals surface area contributed by atoms with E-state index in [0.717, 1.165) is 0 Å². The summed E-state index contributed by atoms with van der Waals surface area (Å²) in [5.41, 5.74) is 0.690. The zero-order valence-corrected chi connectivity index (χ0v) is 13.2. The SMILES string of the molecule is C/N=C1\OC(=O)C2C=CC(C(=O)C3=CC4C(=O)OC(=O)C4C=C3)=CC12. The van der Waals surface area contributed by atoms with Crippen LogP contribution in [0, 0.1) is 23.7 Å². The van der Waals surface area contributed by atoms with Crippen LogP contribution in [0.15, 0.2) is 52.6 Å². The zero-order valence-electron chi connectivity index (χ0n) is 13.2. The predicted octanol–water partition coefficient (Wildman–Crippen LogP) is 0.681. The van der Waals surface area contributed by atoms with Crippen molar-refractivity contribution in [3.05, 3.63) is 47.6 Å². The summed E-state index contributed by atoms with van der Waals surface area (Å²) in [6.45, 7) is 0. The molecule has 4 unspecified atom stereocenters. The van der Waals surface area contributed by atoms with E-state index < -0.39 is 41.6 Å². The molecule has 2 aliphatic heterocycles. The van der Waals surface area contributed by atoms with Gasteiger partial charge in [-0.15, -0.1) is 0 Å². The Kier molecular flexibility index (Phi) is 3.38. The molecule has 4 atom stereocenters. The van der Waals surface area contributed by atoms with Gasteiger partial charge < -0.3 is 9.47 Å². The Morgan fingerprint density at radius 2 is 1.36 bits per heavy atom. The number of ether oxygens (including phenoxy) is 2. The second-order valence-corrected chi connectivity index (χ2v) is 6.12. The zero-order chi connectivity index (χ0) is 17.7. The van der Waals surface area contributed by atoms with Crippen molar-refractivity contribution in [3.8, 4) is 0 Å². The molecule has 0 amide bonds. The Morgan fingerprint density at radius 1 is 0.840 bits per heavy atom. The van der Waals surface area contributed by atoms with Gasteiger partial charge in [0, 0.05) is 18.2 Å². The standard InChI is InChI=1S/C18H13NO6/c1-19-15-12-6-8(2-4-10(12)16(21)24-15)14(20)9-3-5-11-13(7-9)18(23)25-17(11)22/h2-7,10-13H,1H3/b19-15-. The van der Waals surface area contributed by atoms with Gasteiger partial charge in [-0.3, -0.25) is 24.2 Å². The van der Waals surface area contributed by atoms with Crippen molar-refractivity contribution in [1.29, 1.82) is 0 Å². The fourth-order valence-corrected chi connectivity index (χ4v) is 3.39. The molecule has 0 N–H and O–H groups in total. The summed E-state index contributed by atoms with van der Waals surface area (Å²) in [7, 11) is 1.52. The third-order valence-corrected chi connectivity index (χ3v) is 4.71. The molecule has 2 aliphatic carbocycles. The number of hydrogen-bond donors (Lipinski definition) is 0. The Balaban J connectivity index is 1.62. The number of nitrogens with zero attached hydrogens (tertiary/aromatic N) is 1. The van der Waals surface area contributed by atoms with Crippen molar-refractivity contribution in [2.24, 2.45) is 28.7 Å². The van der Waals surface area contributed by atoms with Crippen LogP contribution in [0.4, 0.5) is 0 Å². The van der Waals surface area contributed by atoms with Gasteiger partial charge in [0.05, 0.1) is 23.7 Å². The number of fused-ring (bicyclic) bond motifs is 2. The molecule has 0 saturated carbocycles. The van der Waals surface area contributed by atoms with Gasteiger partial charge in [0.1, 0.15) is 0 Å². The fraction of sp³-hybridized carbons (Fsp3) is 0.278. The molecule has 7 heteroatoms. The van der Waals surface area contributed by atoms with Crippen LogP contribution in [0.2, 0.25) is 0 Å². The molecule has 0 aromatic heterocycles. The summed E-state index contributed by atoms with van der Waals surface area (Å²) in [5, 5.41) is 0. The molecule has 2 heterocycles. The lowest BCUT2D eigenvalue weighted by molar-refractivity contribution is -0.153. The van der Waals surface area contributed by atoms with Crippen molar-refractivity contribution in [2.75, 3.05) is 7.05 Å². The third kappa shape index (κ3) is 2.31. The van der Waals surface area contributed by atoms with Crippen molar-refractivity contribution in [3.63, 3.8) is 0 Å². The summed E-state index contributed by atoms with van der Waals surface area (Å²) in [6.07, 6.45) is 9.35. The molecule has 0 radical (unpaired) electrons. The fourth-order valence-electron chi connectivity index (χ4n) is 3.39. The summed E-state index contributed by atoms with van der Waals surface area (Å²) < 4.78 is 9.69. The number of carbonyl (C=O) groups is 4. The van der Waals surface area contributed by atoms with E-state index in [0.29, 0.717) is 11.1 Å². The lowest BCUT2D eigenvalue weighted by Gasteiger charge is -2.17. The van der Waals surface area contributed by atoms with Gasteiger partial charge in [0.15, 0.2) is 5.78 Å². The van der Waals surface area contributed by atoms with E-state index >= 15 is 0 Å². The van der Waals surface area contributed by atoms with Gasteiger partial charge in [-0.25, -0.2) is 0 Å². The van der Waals surface area contributed by atoms with Gasteiger partial charge in [-0.05, 0) is 0 Å². The number of cyclic esters (lactones) is 3. The number of Topliss-reactive ketones (excluding diaryl/α,β-unsaturated/α-hetero) is 1. The maximum atomic E-state index is 12.8. The lowest BCUT2D eigenvalue weighted by Crippen LogP contribution is -2.22. The first-order valence-electron chi connectivity index (χ1n) is 7.78. The Labute approximate surface area is 142 Å². The van der Waals surface area contributed by atoms with Crippen molar-refractivity contribution in [2.45, 2.75) is 0 Å². The van der Waals surface area contributed by atoms with E-state index in [4.69, 9.17) is 4.74 Å². The number of hydrogen-bond acceptors (Lipinski definition) is 7. The maximum absolute atomic E-state index is 12.8. The average Bonchev–Trinajstić information content (AvgIpc) is 3.10. The maximum Gasteiger partial charge on any atom is 0.321 e. The van der Waals surface area contributed by atoms with E-state index in [9.17, 15) is 19.2 Å². The second-order valence-electron chi connectivity index (χ2n) is 6.12. The molecular weight excluding hydrogens is 326 g/mol. The second kappa shape index (κ2) is 5.47. The van der Waals surface area contributed by atoms with E-state index in [1.165, 1.54) is 25.3 Å². The van der Waals surface area contributed by atoms with E-state index in [1.807, 2.05) is 0 Å². The first kappa shape index (κ1) is 15.4. The molecule has 0 bridgehead atoms. The van der Waals surface area contributed by atoms with Gasteiger partial charge >= 0.3 is 17.9 Å². The number of esters is 3. The summed E-state index contributed by atoms with van der Waals surface area (Å²) in [5.74, 6) is -3.96. The van der Waals surface area contributed by atoms with Crippen LogP contribution in [0.5, 0.6) is 0 Å². The van der Waals surface area contributed by atoms with Gasteiger partial charge in [-0.1, -0.05) is 36.5 Å². The molecule has 2 saturated heterocycles. The van der Waals surface area contributed by atoms with E-state index in [2.05, 4.69) is 9.73 Å². The predicted molar refractivity (Wildman–Crippen MR) is 84.0 cm³/mol. The Bertz CT molecular complexity index is 872. The molecule has 4 rings (SSSR count). The first-order chi connectivity index (χ1) is 12.0. The Hall–Kier alpha value is -3.09. The van der Waals surface area contributed by atoms with Crippen LogP contribution in [-0.2, 0) is 28.7 Å². The van der Waals surface area contributed by atoms with Gasteiger partial charge in [-0.2, -0.15) is 0 Å². The number of rotatable bonds is 2. The lowest BCUT2D eigenvalue weighted by atomic mass is 9.82. The Morgan fingerprint density at radius 3 is 2.00 bits per heavy atom. The molecule has 7 nitrogen and oxygen atoms in total. The van der Waals surface area contributed by atoms with Crippen LogP contribution in [0.3, 0.4) is 0 Å². The highest BCUT2D eigenvalue weighted by Gasteiger charge is 2.44. The minimum absolute atomic E-state index is 0.280. The normalized spacial score (nSPS) is 34.3.